The molecular formula is C19H17N5O5. The number of hydrogen-bond donors (Lipinski definition) is 2. The second-order valence-corrected chi connectivity index (χ2v) is 6.01. The summed E-state index contributed by atoms with van der Waals surface area (Å²) >= 11 is 0. The molecule has 0 fully saturated rings. The third-order valence-electron chi connectivity index (χ3n) is 4.06. The summed E-state index contributed by atoms with van der Waals surface area (Å²) < 4.78 is 4.92. The monoisotopic (exact) mass is 395 g/mol. The quantitative estimate of drug-likeness (QED) is 0.356. The summed E-state index contributed by atoms with van der Waals surface area (Å²) in [5, 5.41) is 14.8. The summed E-state index contributed by atoms with van der Waals surface area (Å²) in [6, 6.07) is 11.4. The van der Waals surface area contributed by atoms with E-state index in [1.165, 1.54) is 25.5 Å². The molecule has 1 amide bonds. The molecular weight excluding hydrogens is 378 g/mol. The van der Waals surface area contributed by atoms with Gasteiger partial charge in [0.1, 0.15) is 5.69 Å². The van der Waals surface area contributed by atoms with Crippen molar-refractivity contribution in [3.63, 3.8) is 0 Å². The molecule has 0 saturated carbocycles. The van der Waals surface area contributed by atoms with Gasteiger partial charge in [0.25, 0.3) is 5.56 Å². The fourth-order valence-electron chi connectivity index (χ4n) is 2.63. The zero-order chi connectivity index (χ0) is 20.8. The van der Waals surface area contributed by atoms with E-state index < -0.39 is 10.8 Å². The zero-order valence-electron chi connectivity index (χ0n) is 15.4. The van der Waals surface area contributed by atoms with Crippen molar-refractivity contribution < 1.29 is 14.5 Å². The summed E-state index contributed by atoms with van der Waals surface area (Å²) in [7, 11) is 1.34. The second kappa shape index (κ2) is 8.74. The topological polar surface area (TPSA) is 140 Å². The van der Waals surface area contributed by atoms with Crippen molar-refractivity contribution in [3.05, 3.63) is 74.2 Å². The summed E-state index contributed by atoms with van der Waals surface area (Å²) in [5.41, 5.74) is 3.73. The second-order valence-electron chi connectivity index (χ2n) is 6.01. The van der Waals surface area contributed by atoms with Gasteiger partial charge < -0.3 is 9.72 Å². The first-order valence-electron chi connectivity index (χ1n) is 8.60. The van der Waals surface area contributed by atoms with Crippen LogP contribution in [-0.4, -0.2) is 34.1 Å². The number of benzene rings is 2. The van der Waals surface area contributed by atoms with Gasteiger partial charge in [0, 0.05) is 24.5 Å². The first-order chi connectivity index (χ1) is 14.0. The normalized spacial score (nSPS) is 10.9. The number of hydrogen-bond acceptors (Lipinski definition) is 7. The Kier molecular flexibility index (Phi) is 5.93. The molecule has 0 atom stereocenters. The SMILES string of the molecule is COc1ccc(/C=N/NC(=O)CCc2nc3ccccc3[nH]c2=O)cc1[N+](=O)[O-]. The zero-order valence-corrected chi connectivity index (χ0v) is 15.4. The number of rotatable bonds is 7. The van der Waals surface area contributed by atoms with E-state index in [4.69, 9.17) is 4.74 Å². The Labute approximate surface area is 164 Å². The van der Waals surface area contributed by atoms with Crippen LogP contribution in [0.15, 0.2) is 52.4 Å². The predicted molar refractivity (Wildman–Crippen MR) is 106 cm³/mol. The van der Waals surface area contributed by atoms with Crippen molar-refractivity contribution in [2.75, 3.05) is 7.11 Å². The van der Waals surface area contributed by atoms with Crippen LogP contribution in [0.5, 0.6) is 5.75 Å². The molecule has 0 saturated heterocycles. The lowest BCUT2D eigenvalue weighted by molar-refractivity contribution is -0.385. The van der Waals surface area contributed by atoms with Crippen molar-refractivity contribution in [1.29, 1.82) is 0 Å². The number of aryl methyl sites for hydroxylation is 1. The van der Waals surface area contributed by atoms with Crippen LogP contribution in [0.2, 0.25) is 0 Å². The van der Waals surface area contributed by atoms with E-state index >= 15 is 0 Å². The van der Waals surface area contributed by atoms with Crippen LogP contribution in [0.4, 0.5) is 5.69 Å². The third kappa shape index (κ3) is 4.80. The molecule has 0 aliphatic rings. The highest BCUT2D eigenvalue weighted by molar-refractivity contribution is 5.83. The van der Waals surface area contributed by atoms with Gasteiger partial charge in [-0.3, -0.25) is 19.7 Å². The molecule has 2 N–H and O–H groups in total. The molecule has 148 valence electrons. The largest absolute Gasteiger partial charge is 0.490 e. The van der Waals surface area contributed by atoms with Gasteiger partial charge in [0.05, 0.1) is 29.3 Å². The van der Waals surface area contributed by atoms with Gasteiger partial charge in [-0.05, 0) is 24.3 Å². The number of carbonyl (C=O) groups excluding carboxylic acids is 1. The van der Waals surface area contributed by atoms with Crippen molar-refractivity contribution in [2.24, 2.45) is 5.10 Å². The first kappa shape index (κ1) is 19.7. The number of amides is 1. The highest BCUT2D eigenvalue weighted by atomic mass is 16.6. The van der Waals surface area contributed by atoms with Crippen LogP contribution in [0.3, 0.4) is 0 Å². The number of H-pyrrole nitrogens is 1. The Balaban J connectivity index is 1.60. The summed E-state index contributed by atoms with van der Waals surface area (Å²) in [6.07, 6.45) is 1.44. The number of aromatic amines is 1. The summed E-state index contributed by atoms with van der Waals surface area (Å²) in [6.45, 7) is 0. The van der Waals surface area contributed by atoms with Crippen LogP contribution in [0.25, 0.3) is 11.0 Å². The molecule has 0 bridgehead atoms. The number of nitro benzene ring substituents is 1. The number of nitrogens with one attached hydrogen (secondary N) is 2. The van der Waals surface area contributed by atoms with Crippen LogP contribution in [0, 0.1) is 10.1 Å². The molecule has 0 aliphatic carbocycles. The number of carbonyl (C=O) groups is 1. The van der Waals surface area contributed by atoms with Gasteiger partial charge in [-0.25, -0.2) is 10.4 Å². The molecule has 0 unspecified atom stereocenters. The van der Waals surface area contributed by atoms with E-state index in [1.54, 1.807) is 24.3 Å². The van der Waals surface area contributed by atoms with E-state index in [0.717, 1.165) is 0 Å². The Morgan fingerprint density at radius 3 is 2.90 bits per heavy atom. The van der Waals surface area contributed by atoms with E-state index in [0.29, 0.717) is 16.6 Å². The minimum absolute atomic E-state index is 0.00845. The van der Waals surface area contributed by atoms with Gasteiger partial charge in [-0.1, -0.05) is 12.1 Å². The molecule has 0 radical (unpaired) electrons. The summed E-state index contributed by atoms with van der Waals surface area (Å²) in [4.78, 5) is 41.5. The van der Waals surface area contributed by atoms with Gasteiger partial charge in [-0.2, -0.15) is 5.10 Å². The number of nitrogens with zero attached hydrogens (tertiary/aromatic N) is 3. The minimum Gasteiger partial charge on any atom is -0.490 e. The molecule has 10 nitrogen and oxygen atoms in total. The number of ether oxygens (including phenoxy) is 1. The maximum absolute atomic E-state index is 12.0. The average molecular weight is 395 g/mol. The number of para-hydroxylation sites is 2. The van der Waals surface area contributed by atoms with Crippen molar-refractivity contribution in [3.8, 4) is 5.75 Å². The number of hydrazone groups is 1. The Hall–Kier alpha value is -4.08. The fourth-order valence-corrected chi connectivity index (χ4v) is 2.63. The molecule has 0 spiro atoms. The highest BCUT2D eigenvalue weighted by Gasteiger charge is 2.14. The molecule has 1 heterocycles. The first-order valence-corrected chi connectivity index (χ1v) is 8.60. The number of methoxy groups -OCH3 is 1. The predicted octanol–water partition coefficient (Wildman–Crippen LogP) is 1.92. The van der Waals surface area contributed by atoms with Crippen LogP contribution in [0.1, 0.15) is 17.7 Å². The molecule has 2 aromatic carbocycles. The Morgan fingerprint density at radius 2 is 2.14 bits per heavy atom. The van der Waals surface area contributed by atoms with Gasteiger partial charge in [0.2, 0.25) is 5.91 Å². The van der Waals surface area contributed by atoms with E-state index in [9.17, 15) is 19.7 Å². The number of nitro groups is 1. The van der Waals surface area contributed by atoms with Crippen molar-refractivity contribution in [1.82, 2.24) is 15.4 Å². The van der Waals surface area contributed by atoms with Gasteiger partial charge in [-0.15, -0.1) is 0 Å². The molecule has 3 rings (SSSR count). The van der Waals surface area contributed by atoms with Crippen LogP contribution < -0.4 is 15.7 Å². The fraction of sp³-hybridized carbons (Fsp3) is 0.158. The minimum atomic E-state index is -0.567. The van der Waals surface area contributed by atoms with Crippen molar-refractivity contribution >= 4 is 28.8 Å². The maximum atomic E-state index is 12.0. The van der Waals surface area contributed by atoms with Gasteiger partial charge >= 0.3 is 5.69 Å². The number of aromatic nitrogens is 2. The van der Waals surface area contributed by atoms with Gasteiger partial charge in [0.15, 0.2) is 5.75 Å². The molecule has 0 aliphatic heterocycles. The average Bonchev–Trinajstić information content (AvgIpc) is 2.72. The molecule has 10 heteroatoms. The Morgan fingerprint density at radius 1 is 1.34 bits per heavy atom. The maximum Gasteiger partial charge on any atom is 0.311 e. The Bertz CT molecular complexity index is 1160. The third-order valence-corrected chi connectivity index (χ3v) is 4.06. The van der Waals surface area contributed by atoms with E-state index in [2.05, 4.69) is 20.5 Å². The van der Waals surface area contributed by atoms with Crippen molar-refractivity contribution in [2.45, 2.75) is 12.8 Å². The smallest absolute Gasteiger partial charge is 0.311 e. The lowest BCUT2D eigenvalue weighted by Crippen LogP contribution is -2.21. The number of fused-ring (bicyclic) bond motifs is 1. The molecule has 1 aromatic heterocycles. The lowest BCUT2D eigenvalue weighted by atomic mass is 10.2. The van der Waals surface area contributed by atoms with Crippen LogP contribution >= 0.6 is 0 Å². The van der Waals surface area contributed by atoms with E-state index in [-0.39, 0.29) is 35.5 Å². The highest BCUT2D eigenvalue weighted by Crippen LogP contribution is 2.26. The molecule has 3 aromatic rings. The summed E-state index contributed by atoms with van der Waals surface area (Å²) in [5.74, 6) is -0.289. The van der Waals surface area contributed by atoms with E-state index in [1.807, 2.05) is 6.07 Å². The standard InChI is InChI=1S/C19H17N5O5/c1-29-17-8-6-12(10-16(17)24(27)28)11-20-23-18(25)9-7-15-19(26)22-14-5-3-2-4-13(14)21-15/h2-6,8,10-11H,7,9H2,1H3,(H,22,26)(H,23,25)/b20-11+. The lowest BCUT2D eigenvalue weighted by Gasteiger charge is -2.03. The van der Waals surface area contributed by atoms with Crippen LogP contribution in [-0.2, 0) is 11.2 Å². The molecule has 29 heavy (non-hydrogen) atoms.